The second kappa shape index (κ2) is 8.51. The van der Waals surface area contributed by atoms with Crippen molar-refractivity contribution >= 4 is 49.8 Å². The van der Waals surface area contributed by atoms with E-state index in [9.17, 15) is 13.2 Å². The van der Waals surface area contributed by atoms with Crippen molar-refractivity contribution in [2.24, 2.45) is 0 Å². The Hall–Kier alpha value is -2.43. The molecule has 10 heteroatoms. The van der Waals surface area contributed by atoms with Crippen LogP contribution < -0.4 is 9.62 Å². The molecule has 0 bridgehead atoms. The van der Waals surface area contributed by atoms with Gasteiger partial charge in [0, 0.05) is 0 Å². The van der Waals surface area contributed by atoms with Gasteiger partial charge in [-0.3, -0.25) is 14.4 Å². The van der Waals surface area contributed by atoms with Crippen molar-refractivity contribution in [1.82, 2.24) is 10.2 Å². The third-order valence-corrected chi connectivity index (χ3v) is 7.09. The van der Waals surface area contributed by atoms with Crippen LogP contribution in [0.4, 0.5) is 10.8 Å². The van der Waals surface area contributed by atoms with E-state index in [1.165, 1.54) is 35.2 Å². The van der Waals surface area contributed by atoms with E-state index in [1.54, 1.807) is 48.5 Å². The van der Waals surface area contributed by atoms with Gasteiger partial charge in [0.15, 0.2) is 4.34 Å². The number of anilines is 2. The average Bonchev–Trinajstić information content (AvgIpc) is 3.15. The normalized spacial score (nSPS) is 11.1. The first-order chi connectivity index (χ1) is 13.0. The number of aromatic nitrogens is 2. The molecule has 0 unspecified atom stereocenters. The summed E-state index contributed by atoms with van der Waals surface area (Å²) < 4.78 is 28.0. The van der Waals surface area contributed by atoms with Gasteiger partial charge in [-0.1, -0.05) is 59.5 Å². The van der Waals surface area contributed by atoms with Crippen molar-refractivity contribution in [3.63, 3.8) is 0 Å². The zero-order valence-corrected chi connectivity index (χ0v) is 16.7. The number of thioether (sulfide) groups is 1. The Morgan fingerprint density at radius 2 is 1.70 bits per heavy atom. The molecule has 0 saturated heterocycles. The van der Waals surface area contributed by atoms with Crippen LogP contribution in [0.1, 0.15) is 0 Å². The SMILES string of the molecule is CSc1nnc(NC(=O)CN(c2ccccc2)S(=O)(=O)c2ccccc2)s1. The molecule has 27 heavy (non-hydrogen) atoms. The fourth-order valence-electron chi connectivity index (χ4n) is 2.26. The van der Waals surface area contributed by atoms with Crippen LogP contribution in [0.15, 0.2) is 69.9 Å². The number of carbonyl (C=O) groups excluding carboxylic acids is 1. The van der Waals surface area contributed by atoms with Crippen molar-refractivity contribution in [1.29, 1.82) is 0 Å². The van der Waals surface area contributed by atoms with Crippen LogP contribution in [-0.2, 0) is 14.8 Å². The molecule has 0 aliphatic rings. The van der Waals surface area contributed by atoms with Crippen molar-refractivity contribution in [2.45, 2.75) is 9.24 Å². The maximum absolute atomic E-state index is 13.1. The maximum atomic E-state index is 13.1. The van der Waals surface area contributed by atoms with Gasteiger partial charge in [-0.2, -0.15) is 0 Å². The molecular weight excluding hydrogens is 404 g/mol. The third kappa shape index (κ3) is 4.65. The molecule has 0 radical (unpaired) electrons. The molecule has 0 fully saturated rings. The zero-order chi connectivity index (χ0) is 19.3. The number of nitrogens with zero attached hydrogens (tertiary/aromatic N) is 3. The molecule has 3 aromatic rings. The fourth-order valence-corrected chi connectivity index (χ4v) is 4.89. The lowest BCUT2D eigenvalue weighted by Crippen LogP contribution is -2.38. The Bertz CT molecular complexity index is 1010. The predicted octanol–water partition coefficient (Wildman–Crippen LogP) is 3.09. The van der Waals surface area contributed by atoms with E-state index in [1.807, 2.05) is 6.26 Å². The summed E-state index contributed by atoms with van der Waals surface area (Å²) in [6, 6.07) is 16.5. The summed E-state index contributed by atoms with van der Waals surface area (Å²) in [6.45, 7) is -0.380. The van der Waals surface area contributed by atoms with Gasteiger partial charge in [0.1, 0.15) is 6.54 Å². The van der Waals surface area contributed by atoms with Crippen LogP contribution >= 0.6 is 23.1 Å². The lowest BCUT2D eigenvalue weighted by molar-refractivity contribution is -0.114. The first-order valence-corrected chi connectivity index (χ1v) is 11.3. The number of para-hydroxylation sites is 1. The van der Waals surface area contributed by atoms with Crippen molar-refractivity contribution < 1.29 is 13.2 Å². The predicted molar refractivity (Wildman–Crippen MR) is 108 cm³/mol. The molecule has 1 heterocycles. The molecule has 3 rings (SSSR count). The Balaban J connectivity index is 1.88. The molecule has 7 nitrogen and oxygen atoms in total. The Morgan fingerprint density at radius 1 is 1.07 bits per heavy atom. The average molecular weight is 421 g/mol. The molecule has 1 amide bonds. The zero-order valence-electron chi connectivity index (χ0n) is 14.3. The van der Waals surface area contributed by atoms with Gasteiger partial charge < -0.3 is 0 Å². The number of sulfonamides is 1. The second-order valence-electron chi connectivity index (χ2n) is 5.29. The van der Waals surface area contributed by atoms with Gasteiger partial charge in [0.25, 0.3) is 10.0 Å². The smallest absolute Gasteiger partial charge is 0.264 e. The summed E-state index contributed by atoms with van der Waals surface area (Å²) in [5, 5.41) is 10.7. The van der Waals surface area contributed by atoms with Crippen LogP contribution in [-0.4, -0.2) is 37.3 Å². The van der Waals surface area contributed by atoms with Gasteiger partial charge in [-0.05, 0) is 30.5 Å². The number of rotatable bonds is 7. The molecule has 1 aromatic heterocycles. The molecule has 0 aliphatic heterocycles. The molecule has 0 atom stereocenters. The quantitative estimate of drug-likeness (QED) is 0.466. The van der Waals surface area contributed by atoms with E-state index in [0.717, 1.165) is 4.31 Å². The summed E-state index contributed by atoms with van der Waals surface area (Å²) in [7, 11) is -3.91. The van der Waals surface area contributed by atoms with Crippen LogP contribution in [0.2, 0.25) is 0 Å². The molecule has 0 aliphatic carbocycles. The van der Waals surface area contributed by atoms with Crippen LogP contribution in [0.25, 0.3) is 0 Å². The Kier molecular flexibility index (Phi) is 6.09. The van der Waals surface area contributed by atoms with Gasteiger partial charge in [-0.25, -0.2) is 8.42 Å². The van der Waals surface area contributed by atoms with E-state index in [4.69, 9.17) is 0 Å². The highest BCUT2D eigenvalue weighted by Crippen LogP contribution is 2.25. The molecule has 1 N–H and O–H groups in total. The second-order valence-corrected chi connectivity index (χ2v) is 9.18. The molecule has 0 saturated carbocycles. The maximum Gasteiger partial charge on any atom is 0.264 e. The summed E-state index contributed by atoms with van der Waals surface area (Å²) in [5.74, 6) is -0.498. The standard InChI is InChI=1S/C17H16N4O3S3/c1-25-17-20-19-16(26-17)18-15(22)12-21(13-8-4-2-5-9-13)27(23,24)14-10-6-3-7-11-14/h2-11H,12H2,1H3,(H,18,19,22). The minimum atomic E-state index is -3.91. The highest BCUT2D eigenvalue weighted by Gasteiger charge is 2.27. The number of nitrogens with one attached hydrogen (secondary N) is 1. The summed E-state index contributed by atoms with van der Waals surface area (Å²) in [6.07, 6.45) is 1.86. The highest BCUT2D eigenvalue weighted by atomic mass is 32.2. The number of hydrogen-bond donors (Lipinski definition) is 1. The largest absolute Gasteiger partial charge is 0.299 e. The monoisotopic (exact) mass is 420 g/mol. The number of amides is 1. The van der Waals surface area contributed by atoms with E-state index in [0.29, 0.717) is 15.2 Å². The summed E-state index contributed by atoms with van der Waals surface area (Å²) in [4.78, 5) is 12.6. The number of carbonyl (C=O) groups is 1. The van der Waals surface area contributed by atoms with Crippen LogP contribution in [0.3, 0.4) is 0 Å². The van der Waals surface area contributed by atoms with Crippen molar-refractivity contribution in [2.75, 3.05) is 22.4 Å². The molecule has 0 spiro atoms. The first kappa shape index (κ1) is 19.3. The molecule has 2 aromatic carbocycles. The van der Waals surface area contributed by atoms with Gasteiger partial charge in [0.05, 0.1) is 10.6 Å². The first-order valence-electron chi connectivity index (χ1n) is 7.81. The van der Waals surface area contributed by atoms with E-state index >= 15 is 0 Å². The van der Waals surface area contributed by atoms with E-state index in [-0.39, 0.29) is 11.4 Å². The number of hydrogen-bond acceptors (Lipinski definition) is 7. The van der Waals surface area contributed by atoms with Gasteiger partial charge in [-0.15, -0.1) is 10.2 Å². The van der Waals surface area contributed by atoms with E-state index in [2.05, 4.69) is 15.5 Å². The Morgan fingerprint density at radius 3 is 2.30 bits per heavy atom. The van der Waals surface area contributed by atoms with Crippen LogP contribution in [0, 0.1) is 0 Å². The highest BCUT2D eigenvalue weighted by molar-refractivity contribution is 8.00. The lowest BCUT2D eigenvalue weighted by atomic mass is 10.3. The molecule has 140 valence electrons. The minimum absolute atomic E-state index is 0.113. The number of benzene rings is 2. The van der Waals surface area contributed by atoms with Crippen molar-refractivity contribution in [3.05, 3.63) is 60.7 Å². The minimum Gasteiger partial charge on any atom is -0.299 e. The van der Waals surface area contributed by atoms with Crippen LogP contribution in [0.5, 0.6) is 0 Å². The summed E-state index contributed by atoms with van der Waals surface area (Å²) in [5.41, 5.74) is 0.401. The fraction of sp³-hybridized carbons (Fsp3) is 0.118. The van der Waals surface area contributed by atoms with Gasteiger partial charge >= 0.3 is 0 Å². The van der Waals surface area contributed by atoms with Crippen molar-refractivity contribution in [3.8, 4) is 0 Å². The lowest BCUT2D eigenvalue weighted by Gasteiger charge is -2.23. The topological polar surface area (TPSA) is 92.3 Å². The Labute approximate surface area is 165 Å². The van der Waals surface area contributed by atoms with E-state index < -0.39 is 15.9 Å². The summed E-state index contributed by atoms with van der Waals surface area (Å²) >= 11 is 2.65. The van der Waals surface area contributed by atoms with Gasteiger partial charge in [0.2, 0.25) is 11.0 Å². The molecular formula is C17H16N4O3S3. The third-order valence-electron chi connectivity index (χ3n) is 3.49.